The maximum absolute atomic E-state index is 10.7. The van der Waals surface area contributed by atoms with Gasteiger partial charge in [-0.05, 0) is 6.92 Å². The van der Waals surface area contributed by atoms with Crippen LogP contribution in [0.25, 0.3) is 11.2 Å². The number of anilines is 1. The number of imidazole rings is 1. The van der Waals surface area contributed by atoms with Gasteiger partial charge in [0.2, 0.25) is 0 Å². The summed E-state index contributed by atoms with van der Waals surface area (Å²) in [4.78, 5) is 48.7. The predicted molar refractivity (Wildman–Crippen MR) is 91.7 cm³/mol. The molecule has 0 unspecified atom stereocenters. The van der Waals surface area contributed by atoms with E-state index in [4.69, 9.17) is 30.5 Å². The number of aliphatic carboxylic acids is 2. The van der Waals surface area contributed by atoms with E-state index >= 15 is 0 Å². The molecular formula is C13H20N5O8P. The van der Waals surface area contributed by atoms with Gasteiger partial charge < -0.3 is 35.0 Å². The van der Waals surface area contributed by atoms with Crippen LogP contribution >= 0.6 is 7.60 Å². The van der Waals surface area contributed by atoms with E-state index < -0.39 is 32.0 Å². The standard InChI is InChI=1S/C9H14N5O4P.C4H6O4/c1-6(18-5-19(15,16)17)2-14-4-13-7-8(10)11-3-12-9(7)14;5-3(6)1-2-4(7)8/h3-4,6H,2,5H2,1H3,(H2,10,11,12)(H2,15,16,17);1-2H2,(H,5,6)(H,7,8)/t6-;/m1./s1. The van der Waals surface area contributed by atoms with E-state index in [1.807, 2.05) is 0 Å². The number of aromatic nitrogens is 4. The van der Waals surface area contributed by atoms with Crippen molar-refractivity contribution >= 4 is 36.5 Å². The van der Waals surface area contributed by atoms with Crippen molar-refractivity contribution in [3.63, 3.8) is 0 Å². The lowest BCUT2D eigenvalue weighted by atomic mass is 10.3. The van der Waals surface area contributed by atoms with E-state index in [-0.39, 0.29) is 18.7 Å². The minimum absolute atomic E-state index is 0.285. The maximum atomic E-state index is 10.7. The summed E-state index contributed by atoms with van der Waals surface area (Å²) in [7, 11) is -4.16. The molecule has 14 heteroatoms. The third-order valence-electron chi connectivity index (χ3n) is 2.96. The molecule has 0 spiro atoms. The molecule has 2 rings (SSSR count). The molecule has 0 amide bonds. The highest BCUT2D eigenvalue weighted by molar-refractivity contribution is 7.51. The van der Waals surface area contributed by atoms with Crippen molar-refractivity contribution in [3.05, 3.63) is 12.7 Å². The topological polar surface area (TPSA) is 211 Å². The van der Waals surface area contributed by atoms with Crippen molar-refractivity contribution in [2.24, 2.45) is 0 Å². The van der Waals surface area contributed by atoms with Gasteiger partial charge >= 0.3 is 19.5 Å². The number of carboxylic acid groups (broad SMARTS) is 2. The lowest BCUT2D eigenvalue weighted by molar-refractivity contribution is -0.143. The predicted octanol–water partition coefficient (Wildman–Crippen LogP) is -0.115. The second-order valence-corrected chi connectivity index (χ2v) is 6.97. The first-order valence-corrected chi connectivity index (χ1v) is 9.30. The van der Waals surface area contributed by atoms with Crippen LogP contribution in [0.4, 0.5) is 5.82 Å². The van der Waals surface area contributed by atoms with Gasteiger partial charge in [0.15, 0.2) is 11.5 Å². The molecule has 0 radical (unpaired) electrons. The molecule has 2 aromatic heterocycles. The van der Waals surface area contributed by atoms with Crippen LogP contribution in [0.3, 0.4) is 0 Å². The molecule has 0 bridgehead atoms. The molecule has 2 aromatic rings. The summed E-state index contributed by atoms with van der Waals surface area (Å²) in [5, 5.41) is 15.8. The smallest absolute Gasteiger partial charge is 0.350 e. The van der Waals surface area contributed by atoms with Gasteiger partial charge in [-0.2, -0.15) is 0 Å². The fraction of sp³-hybridized carbons (Fsp3) is 0.462. The van der Waals surface area contributed by atoms with E-state index in [1.165, 1.54) is 12.7 Å². The Morgan fingerprint density at radius 3 is 2.33 bits per heavy atom. The Balaban J connectivity index is 0.000000387. The monoisotopic (exact) mass is 405 g/mol. The number of hydrogen-bond donors (Lipinski definition) is 5. The summed E-state index contributed by atoms with van der Waals surface area (Å²) in [6, 6.07) is 0. The molecule has 27 heavy (non-hydrogen) atoms. The molecular weight excluding hydrogens is 385 g/mol. The highest BCUT2D eigenvalue weighted by atomic mass is 31.2. The van der Waals surface area contributed by atoms with Gasteiger partial charge in [-0.15, -0.1) is 0 Å². The number of carboxylic acids is 2. The minimum atomic E-state index is -4.16. The van der Waals surface area contributed by atoms with Crippen LogP contribution in [0.2, 0.25) is 0 Å². The van der Waals surface area contributed by atoms with E-state index in [1.54, 1.807) is 11.5 Å². The molecule has 2 heterocycles. The Labute approximate surface area is 153 Å². The summed E-state index contributed by atoms with van der Waals surface area (Å²) >= 11 is 0. The van der Waals surface area contributed by atoms with Crippen molar-refractivity contribution < 1.29 is 38.9 Å². The van der Waals surface area contributed by atoms with Gasteiger partial charge in [-0.1, -0.05) is 0 Å². The van der Waals surface area contributed by atoms with Crippen molar-refractivity contribution in [3.8, 4) is 0 Å². The molecule has 13 nitrogen and oxygen atoms in total. The second kappa shape index (κ2) is 9.92. The van der Waals surface area contributed by atoms with Gasteiger partial charge in [0.25, 0.3) is 0 Å². The van der Waals surface area contributed by atoms with Crippen LogP contribution < -0.4 is 5.73 Å². The highest BCUT2D eigenvalue weighted by Gasteiger charge is 2.16. The number of rotatable bonds is 8. The number of nitrogens with zero attached hydrogens (tertiary/aromatic N) is 4. The first-order chi connectivity index (χ1) is 12.5. The second-order valence-electron chi connectivity index (χ2n) is 5.39. The Bertz CT molecular complexity index is 821. The summed E-state index contributed by atoms with van der Waals surface area (Å²) in [6.07, 6.45) is 1.26. The lowest BCUT2D eigenvalue weighted by Crippen LogP contribution is -2.17. The molecule has 0 aromatic carbocycles. The third-order valence-corrected chi connectivity index (χ3v) is 3.45. The van der Waals surface area contributed by atoms with Crippen LogP contribution in [0.15, 0.2) is 12.7 Å². The average molecular weight is 405 g/mol. The van der Waals surface area contributed by atoms with Crippen LogP contribution in [-0.4, -0.2) is 63.9 Å². The van der Waals surface area contributed by atoms with Gasteiger partial charge in [0, 0.05) is 0 Å². The van der Waals surface area contributed by atoms with Crippen LogP contribution in [0.5, 0.6) is 0 Å². The zero-order valence-corrected chi connectivity index (χ0v) is 15.2. The molecule has 0 aliphatic carbocycles. The number of nitrogen functional groups attached to an aromatic ring is 1. The van der Waals surface area contributed by atoms with E-state index in [2.05, 4.69) is 15.0 Å². The van der Waals surface area contributed by atoms with Crippen LogP contribution in [0, 0.1) is 0 Å². The Hall–Kier alpha value is -2.60. The first-order valence-electron chi connectivity index (χ1n) is 7.50. The normalized spacial score (nSPS) is 12.3. The van der Waals surface area contributed by atoms with Crippen LogP contribution in [0.1, 0.15) is 19.8 Å². The SMILES string of the molecule is C[C@H](Cn1cnc2c(N)ncnc21)OCP(=O)(O)O.O=C(O)CCC(=O)O. The van der Waals surface area contributed by atoms with Gasteiger partial charge in [0.05, 0.1) is 31.8 Å². The molecule has 0 saturated heterocycles. The van der Waals surface area contributed by atoms with Crippen molar-refractivity contribution in [2.75, 3.05) is 12.1 Å². The van der Waals surface area contributed by atoms with Crippen LogP contribution in [-0.2, 0) is 25.4 Å². The number of nitrogens with two attached hydrogens (primary N) is 1. The molecule has 0 aliphatic rings. The van der Waals surface area contributed by atoms with Crippen molar-refractivity contribution in [1.29, 1.82) is 0 Å². The molecule has 0 aliphatic heterocycles. The number of hydrogen-bond acceptors (Lipinski definition) is 8. The summed E-state index contributed by atoms with van der Waals surface area (Å²) < 4.78 is 17.5. The van der Waals surface area contributed by atoms with Crippen molar-refractivity contribution in [2.45, 2.75) is 32.4 Å². The molecule has 1 atom stereocenters. The fourth-order valence-electron chi connectivity index (χ4n) is 1.80. The zero-order chi connectivity index (χ0) is 20.6. The lowest BCUT2D eigenvalue weighted by Gasteiger charge is -2.14. The van der Waals surface area contributed by atoms with Gasteiger partial charge in [0.1, 0.15) is 18.2 Å². The zero-order valence-electron chi connectivity index (χ0n) is 14.3. The summed E-state index contributed by atoms with van der Waals surface area (Å²) in [5.74, 6) is -1.87. The highest BCUT2D eigenvalue weighted by Crippen LogP contribution is 2.34. The molecule has 150 valence electrons. The average Bonchev–Trinajstić information content (AvgIpc) is 2.95. The molecule has 0 saturated carbocycles. The Kier molecular flexibility index (Phi) is 8.25. The Morgan fingerprint density at radius 2 is 1.81 bits per heavy atom. The van der Waals surface area contributed by atoms with Gasteiger partial charge in [-0.25, -0.2) is 15.0 Å². The van der Waals surface area contributed by atoms with Gasteiger partial charge in [-0.3, -0.25) is 14.2 Å². The molecule has 0 fully saturated rings. The molecule has 6 N–H and O–H groups in total. The maximum Gasteiger partial charge on any atom is 0.350 e. The minimum Gasteiger partial charge on any atom is -0.481 e. The number of carbonyl (C=O) groups is 2. The van der Waals surface area contributed by atoms with E-state index in [0.29, 0.717) is 17.7 Å². The third kappa shape index (κ3) is 8.55. The first kappa shape index (κ1) is 22.4. The fourth-order valence-corrected chi connectivity index (χ4v) is 2.25. The van der Waals surface area contributed by atoms with E-state index in [9.17, 15) is 14.2 Å². The van der Waals surface area contributed by atoms with E-state index in [0.717, 1.165) is 0 Å². The Morgan fingerprint density at radius 1 is 1.22 bits per heavy atom. The summed E-state index contributed by atoms with van der Waals surface area (Å²) in [5.41, 5.74) is 6.70. The largest absolute Gasteiger partial charge is 0.481 e. The number of ether oxygens (including phenoxy) is 1. The quantitative estimate of drug-likeness (QED) is 0.364. The number of fused-ring (bicyclic) bond motifs is 1. The summed E-state index contributed by atoms with van der Waals surface area (Å²) in [6.45, 7) is 2.05. The van der Waals surface area contributed by atoms with Crippen molar-refractivity contribution in [1.82, 2.24) is 19.5 Å².